The SMILES string of the molecule is C/C(=C1\c2ccccc2C(C)C(C)C1C)c1cnc[nH]1. The summed E-state index contributed by atoms with van der Waals surface area (Å²) in [6.45, 7) is 9.28. The maximum absolute atomic E-state index is 4.16. The predicted octanol–water partition coefficient (Wildman–Crippen LogP) is 4.73. The molecule has 20 heavy (non-hydrogen) atoms. The van der Waals surface area contributed by atoms with Crippen LogP contribution in [0.15, 0.2) is 36.8 Å². The average Bonchev–Trinajstić information content (AvgIpc) is 2.99. The van der Waals surface area contributed by atoms with E-state index >= 15 is 0 Å². The third-order valence-corrected chi connectivity index (χ3v) is 5.08. The molecular formula is C18H22N2. The minimum Gasteiger partial charge on any atom is -0.345 e. The Morgan fingerprint density at radius 1 is 1.10 bits per heavy atom. The second kappa shape index (κ2) is 4.93. The molecule has 1 aliphatic carbocycles. The van der Waals surface area contributed by atoms with E-state index in [4.69, 9.17) is 0 Å². The fourth-order valence-electron chi connectivity index (χ4n) is 3.51. The molecule has 1 aromatic carbocycles. The molecule has 0 fully saturated rings. The fourth-order valence-corrected chi connectivity index (χ4v) is 3.51. The van der Waals surface area contributed by atoms with E-state index in [0.717, 1.165) is 5.69 Å². The lowest BCUT2D eigenvalue weighted by atomic mass is 9.67. The molecule has 0 saturated carbocycles. The number of hydrogen-bond acceptors (Lipinski definition) is 1. The summed E-state index contributed by atoms with van der Waals surface area (Å²) in [6, 6.07) is 8.85. The van der Waals surface area contributed by atoms with Gasteiger partial charge in [-0.05, 0) is 47.0 Å². The van der Waals surface area contributed by atoms with Crippen LogP contribution in [-0.4, -0.2) is 9.97 Å². The van der Waals surface area contributed by atoms with Crippen LogP contribution in [-0.2, 0) is 0 Å². The Balaban J connectivity index is 2.24. The lowest BCUT2D eigenvalue weighted by Crippen LogP contribution is -2.24. The summed E-state index contributed by atoms with van der Waals surface area (Å²) in [5, 5.41) is 0. The van der Waals surface area contributed by atoms with Gasteiger partial charge in [-0.1, -0.05) is 45.0 Å². The highest BCUT2D eigenvalue weighted by molar-refractivity contribution is 5.91. The van der Waals surface area contributed by atoms with Crippen molar-refractivity contribution in [2.75, 3.05) is 0 Å². The number of hydrogen-bond donors (Lipinski definition) is 1. The van der Waals surface area contributed by atoms with Crippen molar-refractivity contribution in [1.82, 2.24) is 9.97 Å². The second-order valence-corrected chi connectivity index (χ2v) is 6.03. The first-order valence-electron chi connectivity index (χ1n) is 7.40. The number of nitrogens with zero attached hydrogens (tertiary/aromatic N) is 1. The molecule has 2 aromatic rings. The molecule has 104 valence electrons. The summed E-state index contributed by atoms with van der Waals surface area (Å²) in [4.78, 5) is 7.41. The maximum Gasteiger partial charge on any atom is 0.0924 e. The van der Waals surface area contributed by atoms with Gasteiger partial charge in [-0.2, -0.15) is 0 Å². The Morgan fingerprint density at radius 3 is 2.55 bits per heavy atom. The normalized spacial score (nSPS) is 28.1. The van der Waals surface area contributed by atoms with Crippen molar-refractivity contribution in [1.29, 1.82) is 0 Å². The van der Waals surface area contributed by atoms with Crippen molar-refractivity contribution in [3.05, 3.63) is 53.6 Å². The number of aromatic nitrogens is 2. The van der Waals surface area contributed by atoms with Gasteiger partial charge in [-0.15, -0.1) is 0 Å². The number of H-pyrrole nitrogens is 1. The van der Waals surface area contributed by atoms with E-state index in [1.165, 1.54) is 22.3 Å². The van der Waals surface area contributed by atoms with Gasteiger partial charge >= 0.3 is 0 Å². The fraction of sp³-hybridized carbons (Fsp3) is 0.389. The van der Waals surface area contributed by atoms with Gasteiger partial charge in [0.05, 0.1) is 18.2 Å². The van der Waals surface area contributed by atoms with Crippen LogP contribution in [0.25, 0.3) is 11.1 Å². The van der Waals surface area contributed by atoms with E-state index in [1.807, 2.05) is 6.20 Å². The van der Waals surface area contributed by atoms with Crippen molar-refractivity contribution in [3.63, 3.8) is 0 Å². The van der Waals surface area contributed by atoms with Crippen LogP contribution >= 0.6 is 0 Å². The molecule has 1 N–H and O–H groups in total. The van der Waals surface area contributed by atoms with Crippen LogP contribution in [0, 0.1) is 11.8 Å². The third-order valence-electron chi connectivity index (χ3n) is 5.08. The quantitative estimate of drug-likeness (QED) is 0.794. The first kappa shape index (κ1) is 13.2. The monoisotopic (exact) mass is 266 g/mol. The smallest absolute Gasteiger partial charge is 0.0924 e. The molecule has 0 spiro atoms. The molecule has 1 aliphatic rings. The van der Waals surface area contributed by atoms with Crippen molar-refractivity contribution < 1.29 is 0 Å². The molecular weight excluding hydrogens is 244 g/mol. The number of aromatic amines is 1. The van der Waals surface area contributed by atoms with Crippen LogP contribution in [0.2, 0.25) is 0 Å². The summed E-state index contributed by atoms with van der Waals surface area (Å²) in [5.74, 6) is 1.82. The zero-order valence-corrected chi connectivity index (χ0v) is 12.6. The van der Waals surface area contributed by atoms with Crippen molar-refractivity contribution in [3.8, 4) is 0 Å². The Labute approximate surface area is 121 Å². The van der Waals surface area contributed by atoms with Gasteiger partial charge in [-0.25, -0.2) is 4.98 Å². The molecule has 3 unspecified atom stereocenters. The number of imidazole rings is 1. The van der Waals surface area contributed by atoms with Gasteiger partial charge in [0.25, 0.3) is 0 Å². The van der Waals surface area contributed by atoms with Crippen LogP contribution in [0.4, 0.5) is 0 Å². The molecule has 3 rings (SSSR count). The number of fused-ring (bicyclic) bond motifs is 1. The maximum atomic E-state index is 4.16. The molecule has 0 amide bonds. The van der Waals surface area contributed by atoms with Gasteiger partial charge in [0.15, 0.2) is 0 Å². The third kappa shape index (κ3) is 1.91. The van der Waals surface area contributed by atoms with E-state index in [2.05, 4.69) is 61.9 Å². The number of rotatable bonds is 1. The summed E-state index contributed by atoms with van der Waals surface area (Å²) in [7, 11) is 0. The van der Waals surface area contributed by atoms with Crippen molar-refractivity contribution in [2.45, 2.75) is 33.6 Å². The van der Waals surface area contributed by atoms with Gasteiger partial charge < -0.3 is 4.98 Å². The highest BCUT2D eigenvalue weighted by Crippen LogP contribution is 2.47. The first-order chi connectivity index (χ1) is 9.61. The number of allylic oxidation sites excluding steroid dienone is 2. The lowest BCUT2D eigenvalue weighted by molar-refractivity contribution is 0.390. The summed E-state index contributed by atoms with van der Waals surface area (Å²) in [6.07, 6.45) is 3.67. The van der Waals surface area contributed by atoms with Crippen molar-refractivity contribution >= 4 is 11.1 Å². The summed E-state index contributed by atoms with van der Waals surface area (Å²) >= 11 is 0. The Kier molecular flexibility index (Phi) is 3.25. The van der Waals surface area contributed by atoms with Crippen LogP contribution in [0.1, 0.15) is 50.4 Å². The molecule has 2 nitrogen and oxygen atoms in total. The predicted molar refractivity (Wildman–Crippen MR) is 84.3 cm³/mol. The highest BCUT2D eigenvalue weighted by atomic mass is 14.9. The molecule has 1 aromatic heterocycles. The Bertz CT molecular complexity index is 637. The van der Waals surface area contributed by atoms with Gasteiger partial charge in [0.1, 0.15) is 0 Å². The van der Waals surface area contributed by atoms with Gasteiger partial charge in [0, 0.05) is 0 Å². The molecule has 0 bridgehead atoms. The Morgan fingerprint density at radius 2 is 1.85 bits per heavy atom. The minimum absolute atomic E-state index is 0.559. The van der Waals surface area contributed by atoms with E-state index in [9.17, 15) is 0 Å². The standard InChI is InChI=1S/C18H22N2/c1-11-12(2)15-7-5-6-8-16(15)18(13(11)3)14(4)17-9-19-10-20-17/h5-13H,1-4H3,(H,19,20)/b18-14+. The zero-order chi connectivity index (χ0) is 14.3. The molecule has 2 heteroatoms. The van der Waals surface area contributed by atoms with Crippen LogP contribution < -0.4 is 0 Å². The average molecular weight is 266 g/mol. The molecule has 3 atom stereocenters. The van der Waals surface area contributed by atoms with E-state index < -0.39 is 0 Å². The molecule has 1 heterocycles. The first-order valence-corrected chi connectivity index (χ1v) is 7.40. The molecule has 0 aliphatic heterocycles. The zero-order valence-electron chi connectivity index (χ0n) is 12.6. The number of benzene rings is 1. The van der Waals surface area contributed by atoms with E-state index in [0.29, 0.717) is 17.8 Å². The number of nitrogens with one attached hydrogen (secondary N) is 1. The summed E-state index contributed by atoms with van der Waals surface area (Å²) in [5.41, 5.74) is 6.81. The molecule has 0 saturated heterocycles. The highest BCUT2D eigenvalue weighted by Gasteiger charge is 2.33. The summed E-state index contributed by atoms with van der Waals surface area (Å²) < 4.78 is 0. The minimum atomic E-state index is 0.559. The molecule has 0 radical (unpaired) electrons. The van der Waals surface area contributed by atoms with Gasteiger partial charge in [-0.3, -0.25) is 0 Å². The van der Waals surface area contributed by atoms with Crippen LogP contribution in [0.5, 0.6) is 0 Å². The van der Waals surface area contributed by atoms with Crippen LogP contribution in [0.3, 0.4) is 0 Å². The van der Waals surface area contributed by atoms with E-state index in [-0.39, 0.29) is 0 Å². The van der Waals surface area contributed by atoms with Gasteiger partial charge in [0.2, 0.25) is 0 Å². The second-order valence-electron chi connectivity index (χ2n) is 6.03. The van der Waals surface area contributed by atoms with E-state index in [1.54, 1.807) is 6.33 Å². The largest absolute Gasteiger partial charge is 0.345 e. The van der Waals surface area contributed by atoms with Crippen molar-refractivity contribution in [2.24, 2.45) is 11.8 Å². The topological polar surface area (TPSA) is 28.7 Å². The lowest BCUT2D eigenvalue weighted by Gasteiger charge is -2.37. The Hall–Kier alpha value is -1.83.